The molecule has 1 aromatic rings. The second-order valence-corrected chi connectivity index (χ2v) is 6.25. The number of sulfonamides is 1. The van der Waals surface area contributed by atoms with E-state index < -0.39 is 28.0 Å². The van der Waals surface area contributed by atoms with Crippen molar-refractivity contribution in [1.82, 2.24) is 4.72 Å². The molecule has 0 aromatic heterocycles. The first-order valence-corrected chi connectivity index (χ1v) is 7.43. The molecule has 1 aliphatic carbocycles. The summed E-state index contributed by atoms with van der Waals surface area (Å²) in [5, 5.41) is 9.73. The third kappa shape index (κ3) is 3.07. The van der Waals surface area contributed by atoms with Gasteiger partial charge in [0.25, 0.3) is 0 Å². The predicted octanol–water partition coefficient (Wildman–Crippen LogP) is 1.41. The maximum absolute atomic E-state index is 13.0. The Labute approximate surface area is 106 Å². The molecule has 4 nitrogen and oxygen atoms in total. The van der Waals surface area contributed by atoms with Gasteiger partial charge in [0.2, 0.25) is 10.0 Å². The van der Waals surface area contributed by atoms with Crippen LogP contribution < -0.4 is 4.72 Å². The minimum absolute atomic E-state index is 0.111. The van der Waals surface area contributed by atoms with E-state index in [1.165, 1.54) is 18.2 Å². The Morgan fingerprint density at radius 1 is 1.28 bits per heavy atom. The minimum atomic E-state index is -3.77. The monoisotopic (exact) mass is 273 g/mol. The van der Waals surface area contributed by atoms with Gasteiger partial charge in [0.1, 0.15) is 5.82 Å². The highest BCUT2D eigenvalue weighted by molar-refractivity contribution is 7.89. The zero-order valence-corrected chi connectivity index (χ0v) is 10.7. The summed E-state index contributed by atoms with van der Waals surface area (Å²) in [5.41, 5.74) is 0. The highest BCUT2D eigenvalue weighted by Crippen LogP contribution is 2.20. The predicted molar refractivity (Wildman–Crippen MR) is 65.0 cm³/mol. The average molecular weight is 273 g/mol. The molecular formula is C12H16FNO3S. The second-order valence-electron chi connectivity index (χ2n) is 4.54. The summed E-state index contributed by atoms with van der Waals surface area (Å²) in [4.78, 5) is -0.111. The summed E-state index contributed by atoms with van der Waals surface area (Å²) in [7, 11) is -3.77. The number of aliphatic hydroxyl groups is 1. The van der Waals surface area contributed by atoms with Crippen LogP contribution in [0.1, 0.15) is 25.7 Å². The van der Waals surface area contributed by atoms with Crippen LogP contribution in [0, 0.1) is 5.82 Å². The molecule has 0 saturated heterocycles. The number of nitrogens with one attached hydrogen (secondary N) is 1. The van der Waals surface area contributed by atoms with Crippen LogP contribution in [0.15, 0.2) is 29.2 Å². The van der Waals surface area contributed by atoms with Gasteiger partial charge in [-0.3, -0.25) is 0 Å². The summed E-state index contributed by atoms with van der Waals surface area (Å²) >= 11 is 0. The van der Waals surface area contributed by atoms with Crippen LogP contribution >= 0.6 is 0 Å². The standard InChI is InChI=1S/C12H16FNO3S/c13-9-4-3-5-10(8-9)18(16,17)14-11-6-1-2-7-12(11)15/h3-5,8,11-12,14-15H,1-2,6-7H2/t11-,12-/m1/s1. The number of benzene rings is 1. The molecule has 0 amide bonds. The number of hydrogen-bond acceptors (Lipinski definition) is 3. The number of aliphatic hydroxyl groups excluding tert-OH is 1. The van der Waals surface area contributed by atoms with Gasteiger partial charge in [0, 0.05) is 6.04 Å². The quantitative estimate of drug-likeness (QED) is 0.875. The van der Waals surface area contributed by atoms with E-state index in [1.54, 1.807) is 0 Å². The van der Waals surface area contributed by atoms with Crippen molar-refractivity contribution >= 4 is 10.0 Å². The van der Waals surface area contributed by atoms with Crippen molar-refractivity contribution in [2.45, 2.75) is 42.7 Å². The highest BCUT2D eigenvalue weighted by atomic mass is 32.2. The normalized spacial score (nSPS) is 25.0. The van der Waals surface area contributed by atoms with Gasteiger partial charge in [-0.2, -0.15) is 0 Å². The molecule has 100 valence electrons. The van der Waals surface area contributed by atoms with Crippen LogP contribution in [0.2, 0.25) is 0 Å². The molecule has 18 heavy (non-hydrogen) atoms. The SMILES string of the molecule is O=S(=O)(N[C@@H]1CCCC[C@H]1O)c1cccc(F)c1. The van der Waals surface area contributed by atoms with Crippen molar-refractivity contribution in [3.8, 4) is 0 Å². The van der Waals surface area contributed by atoms with Gasteiger partial charge >= 0.3 is 0 Å². The number of halogens is 1. The Bertz CT molecular complexity index is 518. The Morgan fingerprint density at radius 3 is 2.67 bits per heavy atom. The average Bonchev–Trinajstić information content (AvgIpc) is 2.32. The van der Waals surface area contributed by atoms with Crippen LogP contribution in [-0.4, -0.2) is 25.7 Å². The van der Waals surface area contributed by atoms with Gasteiger partial charge in [-0.05, 0) is 31.0 Å². The fraction of sp³-hybridized carbons (Fsp3) is 0.500. The van der Waals surface area contributed by atoms with E-state index in [1.807, 2.05) is 0 Å². The molecule has 0 aliphatic heterocycles. The van der Waals surface area contributed by atoms with Crippen LogP contribution in [0.3, 0.4) is 0 Å². The lowest BCUT2D eigenvalue weighted by Crippen LogP contribution is -2.44. The van der Waals surface area contributed by atoms with E-state index in [4.69, 9.17) is 0 Å². The molecule has 2 atom stereocenters. The first-order valence-electron chi connectivity index (χ1n) is 5.95. The second kappa shape index (κ2) is 5.34. The summed E-state index contributed by atoms with van der Waals surface area (Å²) in [5.74, 6) is -0.595. The molecule has 1 saturated carbocycles. The molecule has 1 fully saturated rings. The van der Waals surface area contributed by atoms with Gasteiger partial charge < -0.3 is 5.11 Å². The molecule has 6 heteroatoms. The van der Waals surface area contributed by atoms with Gasteiger partial charge in [-0.25, -0.2) is 17.5 Å². The summed E-state index contributed by atoms with van der Waals surface area (Å²) < 4.78 is 39.5. The maximum atomic E-state index is 13.0. The number of hydrogen-bond donors (Lipinski definition) is 2. The molecule has 0 spiro atoms. The molecule has 2 N–H and O–H groups in total. The Kier molecular flexibility index (Phi) is 3.99. The van der Waals surface area contributed by atoms with Crippen molar-refractivity contribution in [2.24, 2.45) is 0 Å². The zero-order valence-electron chi connectivity index (χ0n) is 9.84. The first-order chi connectivity index (χ1) is 8.49. The lowest BCUT2D eigenvalue weighted by atomic mass is 9.93. The molecule has 1 aliphatic rings. The molecule has 2 rings (SSSR count). The maximum Gasteiger partial charge on any atom is 0.241 e. The fourth-order valence-corrected chi connectivity index (χ4v) is 3.49. The minimum Gasteiger partial charge on any atom is -0.391 e. The van der Waals surface area contributed by atoms with E-state index in [2.05, 4.69) is 4.72 Å². The van der Waals surface area contributed by atoms with Crippen molar-refractivity contribution in [2.75, 3.05) is 0 Å². The first kappa shape index (κ1) is 13.5. The summed E-state index contributed by atoms with van der Waals surface area (Å²) in [6, 6.07) is 4.36. The van der Waals surface area contributed by atoms with Crippen LogP contribution in [0.25, 0.3) is 0 Å². The van der Waals surface area contributed by atoms with Gasteiger partial charge in [0.15, 0.2) is 0 Å². The van der Waals surface area contributed by atoms with Gasteiger partial charge in [-0.1, -0.05) is 18.9 Å². The van der Waals surface area contributed by atoms with E-state index in [0.29, 0.717) is 12.8 Å². The molecular weight excluding hydrogens is 257 g/mol. The Balaban J connectivity index is 2.16. The lowest BCUT2D eigenvalue weighted by molar-refractivity contribution is 0.101. The summed E-state index contributed by atoms with van der Waals surface area (Å²) in [6.07, 6.45) is 2.32. The summed E-state index contributed by atoms with van der Waals surface area (Å²) in [6.45, 7) is 0. The molecule has 0 bridgehead atoms. The molecule has 0 radical (unpaired) electrons. The third-order valence-electron chi connectivity index (χ3n) is 3.14. The van der Waals surface area contributed by atoms with Crippen molar-refractivity contribution < 1.29 is 17.9 Å². The largest absolute Gasteiger partial charge is 0.391 e. The Hall–Kier alpha value is -0.980. The van der Waals surface area contributed by atoms with Crippen LogP contribution in [0.5, 0.6) is 0 Å². The van der Waals surface area contributed by atoms with Crippen molar-refractivity contribution in [3.05, 3.63) is 30.1 Å². The van der Waals surface area contributed by atoms with Gasteiger partial charge in [0.05, 0.1) is 11.0 Å². The molecule has 1 aromatic carbocycles. The highest BCUT2D eigenvalue weighted by Gasteiger charge is 2.28. The number of rotatable bonds is 3. The molecule has 0 unspecified atom stereocenters. The molecule has 0 heterocycles. The van der Waals surface area contributed by atoms with E-state index >= 15 is 0 Å². The van der Waals surface area contributed by atoms with E-state index in [9.17, 15) is 17.9 Å². The van der Waals surface area contributed by atoms with E-state index in [-0.39, 0.29) is 4.90 Å². The lowest BCUT2D eigenvalue weighted by Gasteiger charge is -2.28. The van der Waals surface area contributed by atoms with Gasteiger partial charge in [-0.15, -0.1) is 0 Å². The fourth-order valence-electron chi connectivity index (χ4n) is 2.15. The Morgan fingerprint density at radius 2 is 2.00 bits per heavy atom. The topological polar surface area (TPSA) is 66.4 Å². The van der Waals surface area contributed by atoms with Crippen molar-refractivity contribution in [1.29, 1.82) is 0 Å². The van der Waals surface area contributed by atoms with Crippen LogP contribution in [0.4, 0.5) is 4.39 Å². The zero-order chi connectivity index (χ0) is 13.2. The van der Waals surface area contributed by atoms with Crippen LogP contribution in [-0.2, 0) is 10.0 Å². The third-order valence-corrected chi connectivity index (χ3v) is 4.63. The van der Waals surface area contributed by atoms with Crippen molar-refractivity contribution in [3.63, 3.8) is 0 Å². The van der Waals surface area contributed by atoms with E-state index in [0.717, 1.165) is 18.9 Å². The smallest absolute Gasteiger partial charge is 0.241 e.